The van der Waals surface area contributed by atoms with Crippen molar-refractivity contribution in [3.63, 3.8) is 0 Å². The number of likely N-dealkylation sites (N-methyl/N-ethyl adjacent to an activating group) is 1. The summed E-state index contributed by atoms with van der Waals surface area (Å²) < 4.78 is 89.0. The van der Waals surface area contributed by atoms with E-state index in [9.17, 15) is 30.8 Å². The quantitative estimate of drug-likeness (QED) is 0.160. The molecule has 2 aliphatic rings. The molecule has 1 saturated carbocycles. The first-order chi connectivity index (χ1) is 21.7. The molecule has 0 bridgehead atoms. The summed E-state index contributed by atoms with van der Waals surface area (Å²) in [5.41, 5.74) is 1.28. The molecule has 6 rings (SSSR count). The lowest BCUT2D eigenvalue weighted by atomic mass is 9.64. The minimum absolute atomic E-state index is 0. The number of ether oxygens (including phenoxy) is 1. The molecule has 0 atom stereocenters. The van der Waals surface area contributed by atoms with E-state index >= 15 is 0 Å². The molecule has 2 aromatic carbocycles. The Balaban J connectivity index is 0.00000433. The van der Waals surface area contributed by atoms with E-state index < -0.39 is 37.9 Å². The predicted molar refractivity (Wildman–Crippen MR) is 172 cm³/mol. The maximum atomic E-state index is 14.2. The van der Waals surface area contributed by atoms with Gasteiger partial charge in [0.1, 0.15) is 11.5 Å². The maximum absolute atomic E-state index is 14.2. The normalized spacial score (nSPS) is 15.5. The van der Waals surface area contributed by atoms with Crippen molar-refractivity contribution in [3.05, 3.63) is 71.8 Å². The van der Waals surface area contributed by atoms with Gasteiger partial charge in [0.05, 0.1) is 39.9 Å². The lowest BCUT2D eigenvalue weighted by Crippen LogP contribution is -2.43. The van der Waals surface area contributed by atoms with Crippen molar-refractivity contribution in [2.24, 2.45) is 0 Å². The molecule has 3 heterocycles. The van der Waals surface area contributed by atoms with Gasteiger partial charge in [-0.3, -0.25) is 14.5 Å². The van der Waals surface area contributed by atoms with Crippen molar-refractivity contribution in [1.29, 1.82) is 0 Å². The summed E-state index contributed by atoms with van der Waals surface area (Å²) in [5.74, 6) is -1.41. The van der Waals surface area contributed by atoms with E-state index in [0.717, 1.165) is 35.9 Å². The highest BCUT2D eigenvalue weighted by Gasteiger charge is 2.54. The number of hydrogen-bond acceptors (Lipinski definition) is 7. The first-order valence-electron chi connectivity index (χ1n) is 14.6. The average molecular weight is 694 g/mol. The molecule has 4 aromatic rings. The molecule has 47 heavy (non-hydrogen) atoms. The number of rotatable bonds is 9. The number of pyridine rings is 2. The number of sulfonamides is 1. The Hall–Kier alpha value is -4.01. The van der Waals surface area contributed by atoms with Gasteiger partial charge < -0.3 is 14.5 Å². The number of benzene rings is 2. The van der Waals surface area contributed by atoms with E-state index in [-0.39, 0.29) is 42.6 Å². The molecule has 0 unspecified atom stereocenters. The average Bonchev–Trinajstić information content (AvgIpc) is 3.21. The van der Waals surface area contributed by atoms with E-state index in [1.54, 1.807) is 30.3 Å². The van der Waals surface area contributed by atoms with Crippen LogP contribution in [0.2, 0.25) is 0 Å². The van der Waals surface area contributed by atoms with Crippen LogP contribution in [0.5, 0.6) is 5.88 Å². The van der Waals surface area contributed by atoms with E-state index in [1.807, 2.05) is 25.1 Å². The van der Waals surface area contributed by atoms with Crippen molar-refractivity contribution in [3.8, 4) is 17.0 Å². The fourth-order valence-corrected chi connectivity index (χ4v) is 7.19. The zero-order valence-corrected chi connectivity index (χ0v) is 27.3. The molecule has 1 aliphatic heterocycles. The Kier molecular flexibility index (Phi) is 9.16. The van der Waals surface area contributed by atoms with E-state index in [4.69, 9.17) is 4.74 Å². The van der Waals surface area contributed by atoms with E-state index in [1.165, 1.54) is 12.3 Å². The number of amides is 1. The number of aromatic nitrogens is 2. The van der Waals surface area contributed by atoms with Crippen LogP contribution in [-0.4, -0.2) is 63.5 Å². The largest absolute Gasteiger partial charge is 0.476 e. The van der Waals surface area contributed by atoms with Crippen LogP contribution in [0.4, 0.5) is 28.9 Å². The van der Waals surface area contributed by atoms with Gasteiger partial charge in [0.25, 0.3) is 10.0 Å². The van der Waals surface area contributed by atoms with Crippen LogP contribution in [0, 0.1) is 5.82 Å². The molecule has 1 aliphatic carbocycles. The van der Waals surface area contributed by atoms with Crippen LogP contribution in [0.25, 0.3) is 22.0 Å². The highest BCUT2D eigenvalue weighted by Crippen LogP contribution is 2.55. The minimum atomic E-state index is -4.96. The molecular weight excluding hydrogens is 662 g/mol. The van der Waals surface area contributed by atoms with Crippen molar-refractivity contribution >= 4 is 50.6 Å². The van der Waals surface area contributed by atoms with Gasteiger partial charge in [-0.1, -0.05) is 12.5 Å². The number of fused-ring (bicyclic) bond motifs is 4. The Morgan fingerprint density at radius 2 is 1.79 bits per heavy atom. The maximum Gasteiger partial charge on any atom is 0.416 e. The highest BCUT2D eigenvalue weighted by molar-refractivity contribution is 7.92. The molecule has 1 N–H and O–H groups in total. The van der Waals surface area contributed by atoms with E-state index in [2.05, 4.69) is 14.7 Å². The zero-order valence-electron chi connectivity index (χ0n) is 25.7. The molecule has 0 saturated heterocycles. The number of anilines is 2. The number of hydrogen-bond donors (Lipinski definition) is 1. The SMILES string of the molecule is CN(C)CCCOc1ncc(-c2ccc3ncc4c(c3c2)C2(CCC2)C(=O)N4C)cc1NS(=O)(=O)c1cc(F)cc(C(F)(F)F)c1.Cl. The lowest BCUT2D eigenvalue weighted by Gasteiger charge is -2.37. The first kappa shape index (κ1) is 34.3. The van der Waals surface area contributed by atoms with Crippen LogP contribution >= 0.6 is 12.4 Å². The summed E-state index contributed by atoms with van der Waals surface area (Å²) in [6, 6.07) is 8.03. The third kappa shape index (κ3) is 6.33. The number of carbonyl (C=O) groups excluding carboxylic acids is 1. The van der Waals surface area contributed by atoms with Crippen LogP contribution in [0.1, 0.15) is 36.8 Å². The second-order valence-corrected chi connectivity index (χ2v) is 13.6. The molecule has 9 nitrogen and oxygen atoms in total. The van der Waals surface area contributed by atoms with Crippen molar-refractivity contribution in [2.45, 2.75) is 42.2 Å². The number of alkyl halides is 3. The second kappa shape index (κ2) is 12.5. The Labute approximate surface area is 275 Å². The second-order valence-electron chi connectivity index (χ2n) is 11.9. The standard InChI is InChI=1S/C32H31F4N5O4S.ClH/c1-40(2)10-5-11-45-29-26(39-46(43,44)23-15-21(32(34,35)36)14-22(33)16-23)13-20(17-38-29)19-6-7-25-24(12-19)28-27(18-37-25)41(3)30(42)31(28)8-4-9-31;/h6-7,12-18,39H,4-5,8-11H2,1-3H3;1H. The van der Waals surface area contributed by atoms with Crippen molar-refractivity contribution < 1.29 is 35.5 Å². The molecule has 0 radical (unpaired) electrons. The fraction of sp³-hybridized carbons (Fsp3) is 0.344. The van der Waals surface area contributed by atoms with Crippen molar-refractivity contribution in [1.82, 2.24) is 14.9 Å². The van der Waals surface area contributed by atoms with Crippen LogP contribution < -0.4 is 14.4 Å². The van der Waals surface area contributed by atoms with E-state index in [0.29, 0.717) is 41.7 Å². The molecule has 2 aromatic heterocycles. The minimum Gasteiger partial charge on any atom is -0.476 e. The Morgan fingerprint density at radius 3 is 2.45 bits per heavy atom. The summed E-state index contributed by atoms with van der Waals surface area (Å²) in [7, 11) is 0.786. The molecule has 250 valence electrons. The van der Waals surface area contributed by atoms with Crippen LogP contribution in [-0.2, 0) is 26.4 Å². The van der Waals surface area contributed by atoms with Gasteiger partial charge in [-0.2, -0.15) is 13.2 Å². The topological polar surface area (TPSA) is 105 Å². The van der Waals surface area contributed by atoms with Gasteiger partial charge in [0.2, 0.25) is 11.8 Å². The van der Waals surface area contributed by atoms with Gasteiger partial charge >= 0.3 is 6.18 Å². The Bertz CT molecular complexity index is 1970. The van der Waals surface area contributed by atoms with Crippen LogP contribution in [0.15, 0.2) is 59.8 Å². The third-order valence-electron chi connectivity index (χ3n) is 8.54. The lowest BCUT2D eigenvalue weighted by molar-refractivity contribution is -0.138. The van der Waals surface area contributed by atoms with Crippen LogP contribution in [0.3, 0.4) is 0 Å². The van der Waals surface area contributed by atoms with Gasteiger partial charge in [-0.05, 0) is 75.3 Å². The molecule has 15 heteroatoms. The zero-order chi connectivity index (χ0) is 33.0. The molecular formula is C32H32ClF4N5O4S. The smallest absolute Gasteiger partial charge is 0.416 e. The molecule has 1 spiro atoms. The molecule has 1 amide bonds. The summed E-state index contributed by atoms with van der Waals surface area (Å²) in [4.78, 5) is 24.9. The fourth-order valence-electron chi connectivity index (χ4n) is 6.08. The third-order valence-corrected chi connectivity index (χ3v) is 9.88. The summed E-state index contributed by atoms with van der Waals surface area (Å²) in [6.07, 6.45) is 1.22. The van der Waals surface area contributed by atoms with Gasteiger partial charge in [0.15, 0.2) is 0 Å². The molecule has 1 fully saturated rings. The first-order valence-corrected chi connectivity index (χ1v) is 16.1. The number of nitrogens with one attached hydrogen (secondary N) is 1. The monoisotopic (exact) mass is 693 g/mol. The van der Waals surface area contributed by atoms with Gasteiger partial charge in [-0.15, -0.1) is 12.4 Å². The number of carbonyl (C=O) groups is 1. The highest BCUT2D eigenvalue weighted by atomic mass is 35.5. The van der Waals surface area contributed by atoms with Crippen molar-refractivity contribution in [2.75, 3.05) is 43.9 Å². The summed E-state index contributed by atoms with van der Waals surface area (Å²) >= 11 is 0. The van der Waals surface area contributed by atoms with Gasteiger partial charge in [-0.25, -0.2) is 17.8 Å². The summed E-state index contributed by atoms with van der Waals surface area (Å²) in [6.45, 7) is 0.853. The number of nitrogens with zero attached hydrogens (tertiary/aromatic N) is 4. The number of halogens is 5. The Morgan fingerprint density at radius 1 is 1.04 bits per heavy atom. The summed E-state index contributed by atoms with van der Waals surface area (Å²) in [5, 5.41) is 0.790. The van der Waals surface area contributed by atoms with Gasteiger partial charge in [0, 0.05) is 36.3 Å². The predicted octanol–water partition coefficient (Wildman–Crippen LogP) is 6.41.